The molecule has 2 saturated heterocycles. The molecule has 0 bridgehead atoms. The molecular formula is C13H23N3OS. The Morgan fingerprint density at radius 3 is 2.61 bits per heavy atom. The normalized spacial score (nSPS) is 28.4. The van der Waals surface area contributed by atoms with Crippen LogP contribution in [0.15, 0.2) is 0 Å². The first-order chi connectivity index (χ1) is 8.80. The Balaban J connectivity index is 1.50. The Bertz CT molecular complexity index is 311. The third kappa shape index (κ3) is 2.40. The molecule has 102 valence electrons. The average molecular weight is 269 g/mol. The molecule has 0 aromatic heterocycles. The molecule has 0 radical (unpaired) electrons. The van der Waals surface area contributed by atoms with Gasteiger partial charge >= 0.3 is 0 Å². The summed E-state index contributed by atoms with van der Waals surface area (Å²) in [5, 5.41) is 3.47. The van der Waals surface area contributed by atoms with Crippen molar-refractivity contribution in [3.63, 3.8) is 0 Å². The summed E-state index contributed by atoms with van der Waals surface area (Å²) in [7, 11) is 0. The van der Waals surface area contributed by atoms with E-state index in [0.29, 0.717) is 5.91 Å². The second-order valence-corrected chi connectivity index (χ2v) is 6.87. The van der Waals surface area contributed by atoms with Crippen LogP contribution in [0.25, 0.3) is 0 Å². The van der Waals surface area contributed by atoms with Crippen molar-refractivity contribution in [2.75, 3.05) is 44.4 Å². The first kappa shape index (κ1) is 12.8. The minimum atomic E-state index is -0.169. The molecule has 0 unspecified atom stereocenters. The van der Waals surface area contributed by atoms with Crippen LogP contribution >= 0.6 is 11.8 Å². The summed E-state index contributed by atoms with van der Waals surface area (Å²) in [6, 6.07) is 0. The zero-order chi connectivity index (χ0) is 12.4. The maximum Gasteiger partial charge on any atom is 0.244 e. The quantitative estimate of drug-likeness (QED) is 0.820. The lowest BCUT2D eigenvalue weighted by Gasteiger charge is -2.28. The lowest BCUT2D eigenvalue weighted by molar-refractivity contribution is -0.132. The van der Waals surface area contributed by atoms with E-state index in [0.717, 1.165) is 32.6 Å². The first-order valence-corrected chi connectivity index (χ1v) is 8.30. The molecule has 1 aliphatic carbocycles. The number of carbonyl (C=O) groups is 1. The van der Waals surface area contributed by atoms with E-state index in [4.69, 9.17) is 0 Å². The van der Waals surface area contributed by atoms with Crippen LogP contribution in [0, 0.1) is 0 Å². The number of thioether (sulfide) groups is 1. The van der Waals surface area contributed by atoms with Gasteiger partial charge in [0.15, 0.2) is 0 Å². The van der Waals surface area contributed by atoms with Crippen LogP contribution in [-0.4, -0.2) is 65.6 Å². The molecular weight excluding hydrogens is 246 g/mol. The van der Waals surface area contributed by atoms with Gasteiger partial charge in [-0.2, -0.15) is 11.8 Å². The predicted molar refractivity (Wildman–Crippen MR) is 74.7 cm³/mol. The summed E-state index contributed by atoms with van der Waals surface area (Å²) in [6.45, 7) is 5.08. The first-order valence-electron chi connectivity index (χ1n) is 7.15. The topological polar surface area (TPSA) is 35.6 Å². The molecule has 0 atom stereocenters. The van der Waals surface area contributed by atoms with Crippen LogP contribution < -0.4 is 5.32 Å². The van der Waals surface area contributed by atoms with Gasteiger partial charge in [0.25, 0.3) is 0 Å². The number of carbonyl (C=O) groups excluding carboxylic acids is 1. The van der Waals surface area contributed by atoms with Crippen LogP contribution in [0.2, 0.25) is 0 Å². The highest BCUT2D eigenvalue weighted by Gasteiger charge is 2.47. The Kier molecular flexibility index (Phi) is 3.82. The third-order valence-corrected chi connectivity index (χ3v) is 5.49. The Hall–Kier alpha value is -0.260. The highest BCUT2D eigenvalue weighted by atomic mass is 32.2. The van der Waals surface area contributed by atoms with E-state index in [1.807, 2.05) is 16.7 Å². The van der Waals surface area contributed by atoms with Gasteiger partial charge in [-0.25, -0.2) is 0 Å². The summed E-state index contributed by atoms with van der Waals surface area (Å²) in [6.07, 6.45) is 4.50. The highest BCUT2D eigenvalue weighted by Crippen LogP contribution is 2.34. The van der Waals surface area contributed by atoms with Gasteiger partial charge in [-0.3, -0.25) is 15.0 Å². The van der Waals surface area contributed by atoms with Gasteiger partial charge in [-0.1, -0.05) is 12.8 Å². The zero-order valence-electron chi connectivity index (χ0n) is 11.0. The summed E-state index contributed by atoms with van der Waals surface area (Å²) >= 11 is 2.04. The van der Waals surface area contributed by atoms with Crippen LogP contribution in [0.3, 0.4) is 0 Å². The van der Waals surface area contributed by atoms with Gasteiger partial charge in [-0.15, -0.1) is 0 Å². The monoisotopic (exact) mass is 269 g/mol. The Morgan fingerprint density at radius 2 is 1.89 bits per heavy atom. The minimum Gasteiger partial charge on any atom is -0.327 e. The van der Waals surface area contributed by atoms with Gasteiger partial charge in [0, 0.05) is 37.7 Å². The maximum atomic E-state index is 12.4. The molecule has 3 aliphatic rings. The smallest absolute Gasteiger partial charge is 0.244 e. The van der Waals surface area contributed by atoms with E-state index in [1.165, 1.54) is 37.4 Å². The molecule has 5 heteroatoms. The molecule has 1 spiro atoms. The molecule has 3 rings (SSSR count). The lowest BCUT2D eigenvalue weighted by Crippen LogP contribution is -2.45. The van der Waals surface area contributed by atoms with Crippen molar-refractivity contribution in [1.29, 1.82) is 0 Å². The molecule has 0 aromatic carbocycles. The van der Waals surface area contributed by atoms with Gasteiger partial charge in [0.1, 0.15) is 0 Å². The molecule has 2 aliphatic heterocycles. The standard InChI is InChI=1S/C13H23N3OS/c17-12-13(3-1-2-4-13)14-11-16(12)6-5-15-7-9-18-10-8-15/h14H,1-11H2. The van der Waals surface area contributed by atoms with Crippen LogP contribution in [-0.2, 0) is 4.79 Å². The van der Waals surface area contributed by atoms with E-state index in [9.17, 15) is 4.79 Å². The summed E-state index contributed by atoms with van der Waals surface area (Å²) in [5.74, 6) is 2.86. The fourth-order valence-corrected chi connectivity index (χ4v) is 4.31. The number of nitrogens with zero attached hydrogens (tertiary/aromatic N) is 2. The summed E-state index contributed by atoms with van der Waals surface area (Å²) in [5.41, 5.74) is -0.169. The SMILES string of the molecule is O=C1N(CCN2CCSCC2)CNC12CCCC2. The minimum absolute atomic E-state index is 0.169. The number of rotatable bonds is 3. The largest absolute Gasteiger partial charge is 0.327 e. The predicted octanol–water partition coefficient (Wildman–Crippen LogP) is 0.737. The van der Waals surface area contributed by atoms with E-state index in [1.54, 1.807) is 0 Å². The molecule has 1 saturated carbocycles. The summed E-state index contributed by atoms with van der Waals surface area (Å²) in [4.78, 5) is 17.0. The number of hydrogen-bond acceptors (Lipinski definition) is 4. The molecule has 4 nitrogen and oxygen atoms in total. The van der Waals surface area contributed by atoms with E-state index in [2.05, 4.69) is 10.2 Å². The van der Waals surface area contributed by atoms with Gasteiger partial charge in [-0.05, 0) is 12.8 Å². The molecule has 1 amide bonds. The molecule has 3 fully saturated rings. The second-order valence-electron chi connectivity index (χ2n) is 5.65. The zero-order valence-corrected chi connectivity index (χ0v) is 11.8. The van der Waals surface area contributed by atoms with Crippen molar-refractivity contribution < 1.29 is 4.79 Å². The average Bonchev–Trinajstić information content (AvgIpc) is 3.00. The van der Waals surface area contributed by atoms with Crippen molar-refractivity contribution in [1.82, 2.24) is 15.1 Å². The Labute approximate surface area is 113 Å². The molecule has 18 heavy (non-hydrogen) atoms. The number of amides is 1. The van der Waals surface area contributed by atoms with Gasteiger partial charge in [0.05, 0.1) is 12.2 Å². The number of nitrogens with one attached hydrogen (secondary N) is 1. The Morgan fingerprint density at radius 1 is 1.17 bits per heavy atom. The third-order valence-electron chi connectivity index (χ3n) is 4.55. The van der Waals surface area contributed by atoms with Crippen LogP contribution in [0.1, 0.15) is 25.7 Å². The van der Waals surface area contributed by atoms with Gasteiger partial charge in [0.2, 0.25) is 5.91 Å². The molecule has 1 N–H and O–H groups in total. The van der Waals surface area contributed by atoms with Crippen molar-refractivity contribution in [3.05, 3.63) is 0 Å². The van der Waals surface area contributed by atoms with Crippen LogP contribution in [0.4, 0.5) is 0 Å². The van der Waals surface area contributed by atoms with Crippen molar-refractivity contribution >= 4 is 17.7 Å². The second kappa shape index (κ2) is 5.39. The fraction of sp³-hybridized carbons (Fsp3) is 0.923. The van der Waals surface area contributed by atoms with E-state index in [-0.39, 0.29) is 5.54 Å². The number of hydrogen-bond donors (Lipinski definition) is 1. The van der Waals surface area contributed by atoms with E-state index < -0.39 is 0 Å². The lowest BCUT2D eigenvalue weighted by atomic mass is 9.98. The summed E-state index contributed by atoms with van der Waals surface area (Å²) < 4.78 is 0. The van der Waals surface area contributed by atoms with Crippen molar-refractivity contribution in [2.24, 2.45) is 0 Å². The molecule has 0 aromatic rings. The fourth-order valence-electron chi connectivity index (χ4n) is 3.33. The highest BCUT2D eigenvalue weighted by molar-refractivity contribution is 7.99. The van der Waals surface area contributed by atoms with Gasteiger partial charge < -0.3 is 4.90 Å². The molecule has 2 heterocycles. The van der Waals surface area contributed by atoms with Crippen molar-refractivity contribution in [3.8, 4) is 0 Å². The van der Waals surface area contributed by atoms with E-state index >= 15 is 0 Å². The van der Waals surface area contributed by atoms with Crippen molar-refractivity contribution in [2.45, 2.75) is 31.2 Å². The maximum absolute atomic E-state index is 12.4. The van der Waals surface area contributed by atoms with Crippen LogP contribution in [0.5, 0.6) is 0 Å².